The van der Waals surface area contributed by atoms with Crippen LogP contribution in [-0.2, 0) is 20.8 Å². The molecule has 10 nitrogen and oxygen atoms in total. The molecule has 2 aromatic carbocycles. The quantitative estimate of drug-likeness (QED) is 0.279. The average molecular weight is 537 g/mol. The second-order valence-corrected chi connectivity index (χ2v) is 10.3. The van der Waals surface area contributed by atoms with Gasteiger partial charge in [0.2, 0.25) is 11.8 Å². The van der Waals surface area contributed by atoms with Crippen molar-refractivity contribution in [1.82, 2.24) is 20.2 Å². The van der Waals surface area contributed by atoms with Crippen molar-refractivity contribution in [3.8, 4) is 0 Å². The monoisotopic (exact) mass is 536 g/mol. The third kappa shape index (κ3) is 7.22. The molecule has 2 amide bonds. The smallest absolute Gasteiger partial charge is 0.329 e. The van der Waals surface area contributed by atoms with Crippen LogP contribution in [-0.4, -0.2) is 44.5 Å². The molecule has 0 saturated heterocycles. The molecule has 0 spiro atoms. The highest BCUT2D eigenvalue weighted by Crippen LogP contribution is 2.16. The Morgan fingerprint density at radius 2 is 1.56 bits per heavy atom. The van der Waals surface area contributed by atoms with E-state index in [9.17, 15) is 29.1 Å². The zero-order valence-corrected chi connectivity index (χ0v) is 22.6. The number of aliphatic carboxylic acids is 1. The molecule has 208 valence electrons. The number of hydrogen-bond acceptors (Lipinski definition) is 5. The largest absolute Gasteiger partial charge is 0.480 e. The van der Waals surface area contributed by atoms with Gasteiger partial charge in [0.05, 0.1) is 10.9 Å². The molecule has 1 heterocycles. The predicted molar refractivity (Wildman–Crippen MR) is 148 cm³/mol. The van der Waals surface area contributed by atoms with E-state index in [1.54, 1.807) is 55.5 Å². The third-order valence-corrected chi connectivity index (χ3v) is 6.84. The second-order valence-electron chi connectivity index (χ2n) is 10.3. The molecule has 10 heteroatoms. The van der Waals surface area contributed by atoms with E-state index in [0.717, 1.165) is 4.57 Å². The summed E-state index contributed by atoms with van der Waals surface area (Å²) in [4.78, 5) is 68.0. The Bertz CT molecular complexity index is 1430. The van der Waals surface area contributed by atoms with Crippen molar-refractivity contribution < 1.29 is 19.5 Å². The van der Waals surface area contributed by atoms with Crippen molar-refractivity contribution in [3.05, 3.63) is 81.0 Å². The van der Waals surface area contributed by atoms with E-state index in [1.165, 1.54) is 0 Å². The van der Waals surface area contributed by atoms with Crippen LogP contribution in [0.2, 0.25) is 0 Å². The molecule has 0 bridgehead atoms. The van der Waals surface area contributed by atoms with Crippen molar-refractivity contribution >= 4 is 28.7 Å². The van der Waals surface area contributed by atoms with Gasteiger partial charge in [0.15, 0.2) is 0 Å². The van der Waals surface area contributed by atoms with Crippen LogP contribution in [0.1, 0.15) is 52.1 Å². The first-order valence-electron chi connectivity index (χ1n) is 13.1. The lowest BCUT2D eigenvalue weighted by atomic mass is 9.96. The van der Waals surface area contributed by atoms with Gasteiger partial charge < -0.3 is 20.7 Å². The van der Waals surface area contributed by atoms with Crippen molar-refractivity contribution in [2.75, 3.05) is 0 Å². The fraction of sp³-hybridized carbons (Fsp3) is 0.414. The SMILES string of the molecule is CC[C@H](C)[C@H](NC(=O)[C@H](Cc1ccccc1)n1c(=O)[nH]c2ccccc2c1=O)C(=O)N[C@@H](CC(C)C)C(=O)O. The number of carbonyl (C=O) groups is 3. The van der Waals surface area contributed by atoms with Crippen LogP contribution in [0.15, 0.2) is 64.2 Å². The summed E-state index contributed by atoms with van der Waals surface area (Å²) in [7, 11) is 0. The van der Waals surface area contributed by atoms with Gasteiger partial charge in [-0.1, -0.05) is 76.6 Å². The number of hydrogen-bond donors (Lipinski definition) is 4. The van der Waals surface area contributed by atoms with E-state index in [4.69, 9.17) is 0 Å². The fourth-order valence-corrected chi connectivity index (χ4v) is 4.50. The number of amides is 2. The first-order valence-corrected chi connectivity index (χ1v) is 13.1. The Balaban J connectivity index is 2.02. The van der Waals surface area contributed by atoms with Crippen LogP contribution in [0, 0.1) is 11.8 Å². The Labute approximate surface area is 226 Å². The van der Waals surface area contributed by atoms with Crippen molar-refractivity contribution in [3.63, 3.8) is 0 Å². The summed E-state index contributed by atoms with van der Waals surface area (Å²) in [6.07, 6.45) is 0.759. The Kier molecular flexibility index (Phi) is 9.81. The maximum Gasteiger partial charge on any atom is 0.329 e. The van der Waals surface area contributed by atoms with Gasteiger partial charge in [-0.3, -0.25) is 14.4 Å². The molecule has 0 saturated carbocycles. The van der Waals surface area contributed by atoms with Gasteiger partial charge in [0.25, 0.3) is 5.56 Å². The van der Waals surface area contributed by atoms with Crippen molar-refractivity contribution in [1.29, 1.82) is 0 Å². The Morgan fingerprint density at radius 1 is 0.923 bits per heavy atom. The standard InChI is InChI=1S/C29H36N4O6/c1-5-18(4)24(26(35)30-22(28(37)38)15-17(2)3)32-25(34)23(16-19-11-7-6-8-12-19)33-27(36)20-13-9-10-14-21(20)31-29(33)39/h6-14,17-18,22-24H,5,15-16H2,1-4H3,(H,30,35)(H,31,39)(H,32,34)(H,37,38)/t18-,22-,23-,24-/m0/s1. The highest BCUT2D eigenvalue weighted by atomic mass is 16.4. The molecule has 4 atom stereocenters. The molecular formula is C29H36N4O6. The minimum absolute atomic E-state index is 0.0183. The summed E-state index contributed by atoms with van der Waals surface area (Å²) in [6.45, 7) is 7.32. The van der Waals surface area contributed by atoms with Crippen LogP contribution in [0.4, 0.5) is 0 Å². The zero-order valence-electron chi connectivity index (χ0n) is 22.6. The number of nitrogens with one attached hydrogen (secondary N) is 3. The van der Waals surface area contributed by atoms with E-state index in [-0.39, 0.29) is 30.1 Å². The van der Waals surface area contributed by atoms with Gasteiger partial charge in [-0.05, 0) is 36.0 Å². The normalized spacial score (nSPS) is 14.4. The highest BCUT2D eigenvalue weighted by molar-refractivity contribution is 5.91. The van der Waals surface area contributed by atoms with Crippen molar-refractivity contribution in [2.45, 2.75) is 65.1 Å². The number of carboxylic acid groups (broad SMARTS) is 1. The lowest BCUT2D eigenvalue weighted by molar-refractivity contribution is -0.143. The molecule has 0 fully saturated rings. The summed E-state index contributed by atoms with van der Waals surface area (Å²) >= 11 is 0. The first-order chi connectivity index (χ1) is 18.5. The first kappa shape index (κ1) is 29.3. The summed E-state index contributed by atoms with van der Waals surface area (Å²) in [6, 6.07) is 12.0. The van der Waals surface area contributed by atoms with E-state index in [0.29, 0.717) is 17.5 Å². The molecule has 1 aromatic heterocycles. The molecule has 3 aromatic rings. The number of nitrogens with zero attached hydrogens (tertiary/aromatic N) is 1. The van der Waals surface area contributed by atoms with Crippen LogP contribution >= 0.6 is 0 Å². The summed E-state index contributed by atoms with van der Waals surface area (Å²) < 4.78 is 0.884. The lowest BCUT2D eigenvalue weighted by Gasteiger charge is -2.28. The Hall–Kier alpha value is -4.21. The summed E-state index contributed by atoms with van der Waals surface area (Å²) in [5, 5.41) is 15.1. The number of para-hydroxylation sites is 1. The van der Waals surface area contributed by atoms with E-state index >= 15 is 0 Å². The molecule has 39 heavy (non-hydrogen) atoms. The molecule has 0 radical (unpaired) electrons. The minimum atomic E-state index is -1.27. The summed E-state index contributed by atoms with van der Waals surface area (Å²) in [5.41, 5.74) is -0.311. The number of aromatic amines is 1. The second kappa shape index (κ2) is 13.0. The van der Waals surface area contributed by atoms with Gasteiger partial charge in [-0.15, -0.1) is 0 Å². The van der Waals surface area contributed by atoms with Gasteiger partial charge in [0.1, 0.15) is 18.1 Å². The third-order valence-electron chi connectivity index (χ3n) is 6.84. The Morgan fingerprint density at radius 3 is 2.18 bits per heavy atom. The molecule has 0 aliphatic carbocycles. The topological polar surface area (TPSA) is 150 Å². The van der Waals surface area contributed by atoms with Crippen LogP contribution in [0.3, 0.4) is 0 Å². The molecule has 3 rings (SSSR count). The van der Waals surface area contributed by atoms with Gasteiger partial charge >= 0.3 is 11.7 Å². The molecular weight excluding hydrogens is 500 g/mol. The average Bonchev–Trinajstić information content (AvgIpc) is 2.90. The number of fused-ring (bicyclic) bond motifs is 1. The van der Waals surface area contributed by atoms with Crippen molar-refractivity contribution in [2.24, 2.45) is 11.8 Å². The predicted octanol–water partition coefficient (Wildman–Crippen LogP) is 2.62. The number of benzene rings is 2. The zero-order chi connectivity index (χ0) is 28.7. The highest BCUT2D eigenvalue weighted by Gasteiger charge is 2.33. The number of carboxylic acids is 1. The number of rotatable bonds is 12. The minimum Gasteiger partial charge on any atom is -0.480 e. The number of H-pyrrole nitrogens is 1. The van der Waals surface area contributed by atoms with Crippen LogP contribution in [0.5, 0.6) is 0 Å². The molecule has 0 aliphatic heterocycles. The van der Waals surface area contributed by atoms with E-state index < -0.39 is 47.2 Å². The van der Waals surface area contributed by atoms with Gasteiger partial charge in [-0.25, -0.2) is 14.2 Å². The van der Waals surface area contributed by atoms with Crippen LogP contribution < -0.4 is 21.9 Å². The van der Waals surface area contributed by atoms with Crippen LogP contribution in [0.25, 0.3) is 10.9 Å². The number of aromatic nitrogens is 2. The molecule has 0 unspecified atom stereocenters. The van der Waals surface area contributed by atoms with E-state index in [2.05, 4.69) is 15.6 Å². The number of carbonyl (C=O) groups excluding carboxylic acids is 2. The summed E-state index contributed by atoms with van der Waals surface area (Å²) in [5.74, 6) is -2.83. The van der Waals surface area contributed by atoms with Gasteiger partial charge in [-0.2, -0.15) is 0 Å². The van der Waals surface area contributed by atoms with Gasteiger partial charge in [0, 0.05) is 6.42 Å². The maximum atomic E-state index is 13.8. The molecule has 0 aliphatic rings. The maximum absolute atomic E-state index is 13.8. The van der Waals surface area contributed by atoms with E-state index in [1.807, 2.05) is 26.8 Å². The lowest BCUT2D eigenvalue weighted by Crippen LogP contribution is -2.56. The fourth-order valence-electron chi connectivity index (χ4n) is 4.50. The molecule has 4 N–H and O–H groups in total.